The van der Waals surface area contributed by atoms with Gasteiger partial charge in [0.25, 0.3) is 5.91 Å². The maximum Gasteiger partial charge on any atom is 0.251 e. The Kier molecular flexibility index (Phi) is 10.6. The van der Waals surface area contributed by atoms with Crippen LogP contribution >= 0.6 is 0 Å². The zero-order chi connectivity index (χ0) is 23.6. The molecule has 0 aliphatic rings. The van der Waals surface area contributed by atoms with Gasteiger partial charge in [0.1, 0.15) is 0 Å². The molecule has 10 heteroatoms. The van der Waals surface area contributed by atoms with Crippen molar-refractivity contribution in [3.63, 3.8) is 0 Å². The summed E-state index contributed by atoms with van der Waals surface area (Å²) in [5, 5.41) is 2.85. The zero-order valence-electron chi connectivity index (χ0n) is 20.2. The molecule has 1 aromatic heterocycles. The van der Waals surface area contributed by atoms with E-state index in [4.69, 9.17) is 0 Å². The molecule has 3 N–H and O–H groups in total. The van der Waals surface area contributed by atoms with Crippen LogP contribution in [-0.2, 0) is 6.54 Å². The number of anilines is 3. The summed E-state index contributed by atoms with van der Waals surface area (Å²) in [6.07, 6.45) is 0. The summed E-state index contributed by atoms with van der Waals surface area (Å²) >= 11 is 0. The molecule has 0 bridgehead atoms. The van der Waals surface area contributed by atoms with Gasteiger partial charge >= 0.3 is 0 Å². The highest BCUT2D eigenvalue weighted by Crippen LogP contribution is 2.14. The molecule has 0 spiro atoms. The van der Waals surface area contributed by atoms with Gasteiger partial charge in [-0.15, -0.1) is 0 Å². The highest BCUT2D eigenvalue weighted by atomic mass is 16.1. The predicted octanol–water partition coefficient (Wildman–Crippen LogP) is 1.12. The van der Waals surface area contributed by atoms with Gasteiger partial charge in [-0.1, -0.05) is 12.1 Å². The van der Waals surface area contributed by atoms with Gasteiger partial charge in [-0.2, -0.15) is 15.0 Å². The zero-order valence-corrected chi connectivity index (χ0v) is 20.2. The minimum Gasteiger partial charge on any atom is -0.350 e. The number of nitrogens with zero attached hydrogens (tertiary/aromatic N) is 6. The molecule has 31 heavy (non-hydrogen) atoms. The minimum atomic E-state index is -0.0249. The Bertz CT molecular complexity index is 740. The Labute approximate surface area is 186 Å². The minimum absolute atomic E-state index is 0.0249. The number of hydrazine groups is 1. The first-order valence-corrected chi connectivity index (χ1v) is 10.1. The molecule has 0 saturated heterocycles. The fraction of sp³-hybridized carbons (Fsp3) is 0.524. The number of hydrogen-bond acceptors (Lipinski definition) is 9. The molecular weight excluding hydrogens is 394 g/mol. The molecule has 10 nitrogen and oxygen atoms in total. The summed E-state index contributed by atoms with van der Waals surface area (Å²) in [5.41, 5.74) is 7.68. The van der Waals surface area contributed by atoms with Crippen LogP contribution in [-0.4, -0.2) is 76.2 Å². The van der Waals surface area contributed by atoms with Gasteiger partial charge in [0.05, 0.1) is 0 Å². The van der Waals surface area contributed by atoms with Crippen LogP contribution in [0.4, 0.5) is 17.8 Å². The van der Waals surface area contributed by atoms with Crippen LogP contribution in [0.15, 0.2) is 24.3 Å². The topological polar surface area (TPSA) is 102 Å². The molecule has 0 saturated carbocycles. The molecule has 1 heterocycles. The summed E-state index contributed by atoms with van der Waals surface area (Å²) in [5.74, 6) is 1.97. The molecule has 0 radical (unpaired) electrons. The Balaban J connectivity index is 0.000000311. The second kappa shape index (κ2) is 12.7. The van der Waals surface area contributed by atoms with Crippen molar-refractivity contribution in [3.8, 4) is 0 Å². The lowest BCUT2D eigenvalue weighted by molar-refractivity contribution is 0.0943. The van der Waals surface area contributed by atoms with E-state index in [0.717, 1.165) is 12.1 Å². The molecule has 2 aromatic rings. The molecule has 0 aliphatic carbocycles. The third kappa shape index (κ3) is 9.14. The fourth-order valence-electron chi connectivity index (χ4n) is 2.25. The summed E-state index contributed by atoms with van der Waals surface area (Å²) < 4.78 is 0. The van der Waals surface area contributed by atoms with E-state index in [0.29, 0.717) is 23.4 Å². The summed E-state index contributed by atoms with van der Waals surface area (Å²) in [6.45, 7) is 4.63. The second-order valence-corrected chi connectivity index (χ2v) is 7.85. The summed E-state index contributed by atoms with van der Waals surface area (Å²) in [4.78, 5) is 30.2. The average Bonchev–Trinajstić information content (AvgIpc) is 2.72. The van der Waals surface area contributed by atoms with Crippen molar-refractivity contribution in [3.05, 3.63) is 35.4 Å². The van der Waals surface area contributed by atoms with Gasteiger partial charge in [-0.05, 0) is 38.6 Å². The van der Waals surface area contributed by atoms with Crippen LogP contribution in [0.3, 0.4) is 0 Å². The van der Waals surface area contributed by atoms with Crippen LogP contribution in [0.5, 0.6) is 0 Å². The first kappa shape index (κ1) is 26.1. The monoisotopic (exact) mass is 431 g/mol. The lowest BCUT2D eigenvalue weighted by Gasteiger charge is -2.18. The van der Waals surface area contributed by atoms with Gasteiger partial charge < -0.3 is 20.0 Å². The predicted molar refractivity (Wildman–Crippen MR) is 128 cm³/mol. The number of carbonyl (C=O) groups is 1. The van der Waals surface area contributed by atoms with Crippen LogP contribution in [0, 0.1) is 0 Å². The van der Waals surface area contributed by atoms with Crippen molar-refractivity contribution in [2.45, 2.75) is 26.4 Å². The van der Waals surface area contributed by atoms with Crippen molar-refractivity contribution in [1.29, 1.82) is 0 Å². The lowest BCUT2D eigenvalue weighted by atomic mass is 10.1. The molecule has 0 aliphatic heterocycles. The Morgan fingerprint density at radius 1 is 0.839 bits per heavy atom. The first-order valence-electron chi connectivity index (χ1n) is 10.1. The SMILES string of the molecule is CN(C)c1nc(N(C)C)nc(N(C)C)n1.CNNCc1ccc(C(=O)NC(C)C)cc1. The van der Waals surface area contributed by atoms with E-state index in [1.54, 1.807) is 0 Å². The molecule has 0 atom stereocenters. The first-order chi connectivity index (χ1) is 14.5. The molecule has 0 fully saturated rings. The van der Waals surface area contributed by atoms with Crippen LogP contribution < -0.4 is 30.9 Å². The van der Waals surface area contributed by atoms with E-state index in [2.05, 4.69) is 31.1 Å². The van der Waals surface area contributed by atoms with Crippen LogP contribution in [0.2, 0.25) is 0 Å². The van der Waals surface area contributed by atoms with Crippen molar-refractivity contribution in [1.82, 2.24) is 31.1 Å². The van der Waals surface area contributed by atoms with Gasteiger partial charge in [-0.25, -0.2) is 0 Å². The number of nitrogens with one attached hydrogen (secondary N) is 3. The summed E-state index contributed by atoms with van der Waals surface area (Å²) in [6, 6.07) is 7.73. The molecule has 1 amide bonds. The smallest absolute Gasteiger partial charge is 0.251 e. The average molecular weight is 432 g/mol. The number of rotatable bonds is 8. The third-order valence-corrected chi connectivity index (χ3v) is 3.91. The second-order valence-electron chi connectivity index (χ2n) is 7.85. The number of carbonyl (C=O) groups excluding carboxylic acids is 1. The Morgan fingerprint density at radius 3 is 1.58 bits per heavy atom. The van der Waals surface area contributed by atoms with Crippen LogP contribution in [0.25, 0.3) is 0 Å². The number of amides is 1. The van der Waals surface area contributed by atoms with E-state index >= 15 is 0 Å². The van der Waals surface area contributed by atoms with E-state index in [1.807, 2.05) is 102 Å². The number of benzene rings is 1. The number of aromatic nitrogens is 3. The largest absolute Gasteiger partial charge is 0.350 e. The van der Waals surface area contributed by atoms with Gasteiger partial charge in [0, 0.05) is 60.4 Å². The molecule has 0 unspecified atom stereocenters. The third-order valence-electron chi connectivity index (χ3n) is 3.91. The van der Waals surface area contributed by atoms with Crippen molar-refractivity contribution >= 4 is 23.8 Å². The van der Waals surface area contributed by atoms with Crippen molar-refractivity contribution in [2.75, 3.05) is 64.0 Å². The van der Waals surface area contributed by atoms with E-state index < -0.39 is 0 Å². The van der Waals surface area contributed by atoms with E-state index in [9.17, 15) is 4.79 Å². The highest BCUT2D eigenvalue weighted by molar-refractivity contribution is 5.94. The molecule has 1 aromatic carbocycles. The normalized spacial score (nSPS) is 10.3. The van der Waals surface area contributed by atoms with E-state index in [-0.39, 0.29) is 11.9 Å². The van der Waals surface area contributed by atoms with Crippen molar-refractivity contribution < 1.29 is 4.79 Å². The highest BCUT2D eigenvalue weighted by Gasteiger charge is 2.10. The maximum atomic E-state index is 11.6. The van der Waals surface area contributed by atoms with Crippen LogP contribution in [0.1, 0.15) is 29.8 Å². The summed E-state index contributed by atoms with van der Waals surface area (Å²) in [7, 11) is 13.3. The molecular formula is C21H37N9O. The van der Waals surface area contributed by atoms with E-state index in [1.165, 1.54) is 0 Å². The van der Waals surface area contributed by atoms with Gasteiger partial charge in [0.2, 0.25) is 17.8 Å². The number of hydrogen-bond donors (Lipinski definition) is 3. The lowest BCUT2D eigenvalue weighted by Crippen LogP contribution is -2.30. The van der Waals surface area contributed by atoms with Crippen molar-refractivity contribution in [2.24, 2.45) is 0 Å². The Morgan fingerprint density at radius 2 is 1.26 bits per heavy atom. The van der Waals surface area contributed by atoms with Gasteiger partial charge in [0.15, 0.2) is 0 Å². The molecule has 2 rings (SSSR count). The molecule has 172 valence electrons. The quantitative estimate of drug-likeness (QED) is 0.531. The maximum absolute atomic E-state index is 11.6. The Hall–Kier alpha value is -2.98. The fourth-order valence-corrected chi connectivity index (χ4v) is 2.25. The standard InChI is InChI=1S/C12H19N3O.C9H18N6/c1-9(2)15-12(16)11-6-4-10(5-7-11)8-14-13-3;1-13(2)7-10-8(14(3)4)12-9(11-7)15(5)6/h4-7,9,13-14H,8H2,1-3H3,(H,15,16);1-6H3. The van der Waals surface area contributed by atoms with Gasteiger partial charge in [-0.3, -0.25) is 15.6 Å².